The molecule has 0 aliphatic heterocycles. The maximum Gasteiger partial charge on any atom is 0.331 e. The summed E-state index contributed by atoms with van der Waals surface area (Å²) >= 11 is 0. The van der Waals surface area contributed by atoms with Gasteiger partial charge in [-0.05, 0) is 67.9 Å². The van der Waals surface area contributed by atoms with Gasteiger partial charge in [0.15, 0.2) is 0 Å². The fourth-order valence-electron chi connectivity index (χ4n) is 2.68. The van der Waals surface area contributed by atoms with Crippen LogP contribution in [0.25, 0.3) is 5.57 Å². The second kappa shape index (κ2) is 4.36. The first-order chi connectivity index (χ1) is 8.02. The van der Waals surface area contributed by atoms with Gasteiger partial charge in [0.1, 0.15) is 0 Å². The predicted molar refractivity (Wildman–Crippen MR) is 69.1 cm³/mol. The van der Waals surface area contributed by atoms with Crippen LogP contribution in [-0.2, 0) is 11.2 Å². The number of carboxylic acid groups (broad SMARTS) is 1. The number of carboxylic acids is 1. The topological polar surface area (TPSA) is 37.3 Å². The average Bonchev–Trinajstić information content (AvgIpc) is 2.32. The Morgan fingerprint density at radius 3 is 2.47 bits per heavy atom. The van der Waals surface area contributed by atoms with Crippen molar-refractivity contribution < 1.29 is 9.90 Å². The maximum atomic E-state index is 11.1. The van der Waals surface area contributed by atoms with E-state index in [-0.39, 0.29) is 0 Å². The molecule has 0 amide bonds. The van der Waals surface area contributed by atoms with Gasteiger partial charge in [-0.2, -0.15) is 0 Å². The molecule has 0 unspecified atom stereocenters. The van der Waals surface area contributed by atoms with E-state index in [2.05, 4.69) is 26.0 Å². The first kappa shape index (κ1) is 11.9. The van der Waals surface area contributed by atoms with Gasteiger partial charge in [0.25, 0.3) is 0 Å². The van der Waals surface area contributed by atoms with Crippen molar-refractivity contribution in [3.63, 3.8) is 0 Å². The van der Waals surface area contributed by atoms with E-state index in [0.717, 1.165) is 24.8 Å². The van der Waals surface area contributed by atoms with E-state index in [0.29, 0.717) is 5.57 Å². The molecule has 2 heteroatoms. The summed E-state index contributed by atoms with van der Waals surface area (Å²) in [6.07, 6.45) is 3.01. The molecule has 0 atom stereocenters. The first-order valence-electron chi connectivity index (χ1n) is 6.05. The lowest BCUT2D eigenvalue weighted by molar-refractivity contribution is -0.132. The van der Waals surface area contributed by atoms with Crippen LogP contribution in [0.2, 0.25) is 0 Å². The molecule has 0 spiro atoms. The van der Waals surface area contributed by atoms with Gasteiger partial charge in [-0.15, -0.1) is 0 Å². The second-order valence-electron chi connectivity index (χ2n) is 4.82. The smallest absolute Gasteiger partial charge is 0.331 e. The van der Waals surface area contributed by atoms with E-state index < -0.39 is 5.97 Å². The molecule has 1 aliphatic carbocycles. The number of hydrogen-bond acceptors (Lipinski definition) is 1. The number of carbonyl (C=O) groups is 1. The number of aryl methyl sites for hydroxylation is 2. The van der Waals surface area contributed by atoms with Crippen molar-refractivity contribution >= 4 is 11.5 Å². The van der Waals surface area contributed by atoms with Gasteiger partial charge in [-0.1, -0.05) is 12.1 Å². The summed E-state index contributed by atoms with van der Waals surface area (Å²) in [6.45, 7) is 5.89. The molecule has 17 heavy (non-hydrogen) atoms. The van der Waals surface area contributed by atoms with Gasteiger partial charge < -0.3 is 5.11 Å². The fraction of sp³-hybridized carbons (Fsp3) is 0.400. The highest BCUT2D eigenvalue weighted by Gasteiger charge is 2.21. The Labute approximate surface area is 102 Å². The van der Waals surface area contributed by atoms with Crippen molar-refractivity contribution in [3.8, 4) is 0 Å². The quantitative estimate of drug-likeness (QED) is 0.750. The largest absolute Gasteiger partial charge is 0.478 e. The lowest BCUT2D eigenvalue weighted by Crippen LogP contribution is -2.10. The van der Waals surface area contributed by atoms with Crippen LogP contribution in [-0.4, -0.2) is 11.1 Å². The van der Waals surface area contributed by atoms with Crippen molar-refractivity contribution in [1.82, 2.24) is 0 Å². The molecule has 1 aliphatic rings. The third-order valence-corrected chi connectivity index (χ3v) is 3.68. The molecular formula is C15H18O2. The van der Waals surface area contributed by atoms with Crippen LogP contribution in [0.1, 0.15) is 42.0 Å². The maximum absolute atomic E-state index is 11.1. The van der Waals surface area contributed by atoms with Gasteiger partial charge in [0.05, 0.1) is 0 Å². The van der Waals surface area contributed by atoms with Crippen molar-refractivity contribution in [1.29, 1.82) is 0 Å². The zero-order valence-corrected chi connectivity index (χ0v) is 10.6. The minimum Gasteiger partial charge on any atom is -0.478 e. The Balaban J connectivity index is 2.71. The molecular weight excluding hydrogens is 212 g/mol. The van der Waals surface area contributed by atoms with E-state index in [4.69, 9.17) is 5.11 Å². The van der Waals surface area contributed by atoms with Crippen molar-refractivity contribution in [2.45, 2.75) is 40.0 Å². The van der Waals surface area contributed by atoms with E-state index in [1.165, 1.54) is 22.3 Å². The molecule has 90 valence electrons. The summed E-state index contributed by atoms with van der Waals surface area (Å²) in [4.78, 5) is 11.1. The number of hydrogen-bond donors (Lipinski definition) is 1. The molecule has 0 fully saturated rings. The van der Waals surface area contributed by atoms with E-state index in [9.17, 15) is 4.79 Å². The zero-order chi connectivity index (χ0) is 12.6. The van der Waals surface area contributed by atoms with Crippen molar-refractivity contribution in [2.24, 2.45) is 0 Å². The van der Waals surface area contributed by atoms with Crippen LogP contribution < -0.4 is 0 Å². The molecule has 0 bridgehead atoms. The monoisotopic (exact) mass is 230 g/mol. The Bertz CT molecular complexity index is 510. The molecule has 0 saturated heterocycles. The number of rotatable bonds is 1. The summed E-state index contributed by atoms with van der Waals surface area (Å²) in [5, 5.41) is 9.16. The predicted octanol–water partition coefficient (Wildman–Crippen LogP) is 3.50. The van der Waals surface area contributed by atoms with Crippen LogP contribution in [0.4, 0.5) is 0 Å². The number of aliphatic carboxylic acids is 1. The number of fused-ring (bicyclic) bond motifs is 1. The SMILES string of the molecule is CC(C(=O)O)=C1CCCc2c(C)ccc(C)c21. The van der Waals surface area contributed by atoms with Crippen LogP contribution in [0.3, 0.4) is 0 Å². The lowest BCUT2D eigenvalue weighted by atomic mass is 9.80. The van der Waals surface area contributed by atoms with Crippen LogP contribution in [0, 0.1) is 13.8 Å². The fourth-order valence-corrected chi connectivity index (χ4v) is 2.68. The Morgan fingerprint density at radius 2 is 1.82 bits per heavy atom. The van der Waals surface area contributed by atoms with Gasteiger partial charge in [0.2, 0.25) is 0 Å². The molecule has 1 aromatic rings. The number of benzene rings is 1. The molecule has 0 radical (unpaired) electrons. The summed E-state index contributed by atoms with van der Waals surface area (Å²) < 4.78 is 0. The Morgan fingerprint density at radius 1 is 1.18 bits per heavy atom. The van der Waals surface area contributed by atoms with Gasteiger partial charge in [-0.25, -0.2) is 4.79 Å². The minimum atomic E-state index is -0.797. The highest BCUT2D eigenvalue weighted by Crippen LogP contribution is 2.36. The zero-order valence-electron chi connectivity index (χ0n) is 10.6. The Kier molecular flexibility index (Phi) is 3.05. The highest BCUT2D eigenvalue weighted by molar-refractivity contribution is 5.97. The van der Waals surface area contributed by atoms with Crippen molar-refractivity contribution in [3.05, 3.63) is 40.0 Å². The summed E-state index contributed by atoms with van der Waals surface area (Å²) in [5.41, 5.74) is 6.53. The van der Waals surface area contributed by atoms with E-state index >= 15 is 0 Å². The van der Waals surface area contributed by atoms with Crippen molar-refractivity contribution in [2.75, 3.05) is 0 Å². The van der Waals surface area contributed by atoms with Crippen LogP contribution >= 0.6 is 0 Å². The highest BCUT2D eigenvalue weighted by atomic mass is 16.4. The van der Waals surface area contributed by atoms with Gasteiger partial charge in [-0.3, -0.25) is 0 Å². The summed E-state index contributed by atoms with van der Waals surface area (Å²) in [6, 6.07) is 4.22. The van der Waals surface area contributed by atoms with Gasteiger partial charge >= 0.3 is 5.97 Å². The third kappa shape index (κ3) is 1.99. The number of allylic oxidation sites excluding steroid dienone is 1. The first-order valence-corrected chi connectivity index (χ1v) is 6.05. The Hall–Kier alpha value is -1.57. The summed E-state index contributed by atoms with van der Waals surface area (Å²) in [5.74, 6) is -0.797. The van der Waals surface area contributed by atoms with E-state index in [1.54, 1.807) is 6.92 Å². The van der Waals surface area contributed by atoms with Crippen LogP contribution in [0.15, 0.2) is 17.7 Å². The average molecular weight is 230 g/mol. The second-order valence-corrected chi connectivity index (χ2v) is 4.82. The standard InChI is InChI=1S/C15H18O2/c1-9-7-8-10(2)14-12(9)5-4-6-13(14)11(3)15(16)17/h7-8H,4-6H2,1-3H3,(H,16,17). The minimum absolute atomic E-state index is 0.500. The van der Waals surface area contributed by atoms with Gasteiger partial charge in [0, 0.05) is 5.57 Å². The molecule has 2 rings (SSSR count). The molecule has 0 heterocycles. The molecule has 2 nitrogen and oxygen atoms in total. The van der Waals surface area contributed by atoms with Crippen LogP contribution in [0.5, 0.6) is 0 Å². The third-order valence-electron chi connectivity index (χ3n) is 3.68. The molecule has 0 saturated carbocycles. The molecule has 1 aromatic carbocycles. The molecule has 1 N–H and O–H groups in total. The molecule has 0 aromatic heterocycles. The summed E-state index contributed by atoms with van der Waals surface area (Å²) in [7, 11) is 0. The van der Waals surface area contributed by atoms with E-state index in [1.807, 2.05) is 0 Å². The normalized spacial score (nSPS) is 17.6. The lowest BCUT2D eigenvalue weighted by Gasteiger charge is -2.24.